The molecule has 0 radical (unpaired) electrons. The van der Waals surface area contributed by atoms with Gasteiger partial charge in [0.05, 0.1) is 31.1 Å². The van der Waals surface area contributed by atoms with Gasteiger partial charge < -0.3 is 9.16 Å². The number of hydrogen-bond acceptors (Lipinski definition) is 3. The van der Waals surface area contributed by atoms with Gasteiger partial charge in [0.1, 0.15) is 10.5 Å². The van der Waals surface area contributed by atoms with Crippen molar-refractivity contribution < 1.29 is 9.16 Å². The van der Waals surface area contributed by atoms with Gasteiger partial charge in [0.2, 0.25) is 0 Å². The lowest BCUT2D eigenvalue weighted by molar-refractivity contribution is -0.0399. The van der Waals surface area contributed by atoms with Crippen LogP contribution in [0.1, 0.15) is 19.8 Å². The Morgan fingerprint density at radius 3 is 2.64 bits per heavy atom. The lowest BCUT2D eigenvalue weighted by atomic mass is 10.2. The van der Waals surface area contributed by atoms with Gasteiger partial charge in [-0.15, -0.1) is 11.6 Å². The van der Waals surface area contributed by atoms with Crippen molar-refractivity contribution in [2.45, 2.75) is 30.9 Å². The molecule has 0 aliphatic rings. The molecule has 14 heavy (non-hydrogen) atoms. The number of hydrogen-bond donors (Lipinski definition) is 0. The minimum absolute atomic E-state index is 0.154. The number of halogens is 2. The second kappa shape index (κ2) is 7.49. The summed E-state index contributed by atoms with van der Waals surface area (Å²) in [4.78, 5) is 0. The zero-order valence-corrected chi connectivity index (χ0v) is 11.9. The van der Waals surface area contributed by atoms with Gasteiger partial charge in [-0.1, -0.05) is 18.5 Å². The SMILES string of the molecule is CCC(O[SiH3])C(Cl)(CCl)OCCC#N. The Bertz CT molecular complexity index is 196. The monoisotopic (exact) mass is 255 g/mol. The molecule has 2 atom stereocenters. The topological polar surface area (TPSA) is 42.2 Å². The first-order chi connectivity index (χ1) is 6.64. The van der Waals surface area contributed by atoms with E-state index in [9.17, 15) is 0 Å². The molecule has 3 nitrogen and oxygen atoms in total. The predicted molar refractivity (Wildman–Crippen MR) is 60.6 cm³/mol. The van der Waals surface area contributed by atoms with E-state index < -0.39 is 5.06 Å². The van der Waals surface area contributed by atoms with Gasteiger partial charge in [-0.05, 0) is 6.42 Å². The first kappa shape index (κ1) is 14.2. The minimum atomic E-state index is -0.991. The Morgan fingerprint density at radius 2 is 2.29 bits per heavy atom. The van der Waals surface area contributed by atoms with Crippen LogP contribution >= 0.6 is 23.2 Å². The summed E-state index contributed by atoms with van der Waals surface area (Å²) in [6, 6.07) is 1.98. The Morgan fingerprint density at radius 1 is 1.64 bits per heavy atom. The van der Waals surface area contributed by atoms with Crippen molar-refractivity contribution in [1.29, 1.82) is 5.26 Å². The predicted octanol–water partition coefficient (Wildman–Crippen LogP) is 1.17. The van der Waals surface area contributed by atoms with Gasteiger partial charge in [0.25, 0.3) is 0 Å². The van der Waals surface area contributed by atoms with E-state index in [1.54, 1.807) is 0 Å². The van der Waals surface area contributed by atoms with Crippen LogP contribution in [0.2, 0.25) is 0 Å². The van der Waals surface area contributed by atoms with Gasteiger partial charge in [-0.3, -0.25) is 0 Å². The largest absolute Gasteiger partial charge is 0.421 e. The van der Waals surface area contributed by atoms with E-state index >= 15 is 0 Å². The van der Waals surface area contributed by atoms with Gasteiger partial charge in [-0.2, -0.15) is 5.26 Å². The zero-order chi connectivity index (χ0) is 11.0. The summed E-state index contributed by atoms with van der Waals surface area (Å²) in [6.07, 6.45) is 0.849. The summed E-state index contributed by atoms with van der Waals surface area (Å²) in [6.45, 7) is 2.24. The van der Waals surface area contributed by atoms with E-state index in [2.05, 4.69) is 0 Å². The van der Waals surface area contributed by atoms with Gasteiger partial charge in [0.15, 0.2) is 5.06 Å². The molecule has 0 fully saturated rings. The van der Waals surface area contributed by atoms with E-state index in [1.807, 2.05) is 13.0 Å². The Kier molecular flexibility index (Phi) is 7.60. The standard InChI is InChI=1S/C8H15Cl2NO2Si/c1-2-7(13-14)8(10,6-9)12-5-3-4-11/h7H,2-3,5-6H2,1,14H3. The number of rotatable bonds is 7. The summed E-state index contributed by atoms with van der Waals surface area (Å²) in [7, 11) is 0.589. The average Bonchev–Trinajstić information content (AvgIpc) is 2.20. The Labute approximate surface area is 97.8 Å². The number of nitrogens with zero attached hydrogens (tertiary/aromatic N) is 1. The van der Waals surface area contributed by atoms with E-state index in [0.717, 1.165) is 6.42 Å². The second-order valence-electron chi connectivity index (χ2n) is 2.81. The highest BCUT2D eigenvalue weighted by molar-refractivity contribution is 6.30. The smallest absolute Gasteiger partial charge is 0.179 e. The fourth-order valence-corrected chi connectivity index (χ4v) is 2.56. The highest BCUT2D eigenvalue weighted by Gasteiger charge is 2.36. The molecule has 0 aliphatic carbocycles. The molecule has 0 aliphatic heterocycles. The summed E-state index contributed by atoms with van der Waals surface area (Å²) >= 11 is 11.9. The van der Waals surface area contributed by atoms with Crippen molar-refractivity contribution in [2.75, 3.05) is 12.5 Å². The molecule has 2 unspecified atom stereocenters. The molecule has 0 aromatic heterocycles. The van der Waals surface area contributed by atoms with E-state index in [-0.39, 0.29) is 18.6 Å². The van der Waals surface area contributed by atoms with Crippen LogP contribution in [0, 0.1) is 11.3 Å². The lowest BCUT2D eigenvalue weighted by Crippen LogP contribution is -2.42. The Hall–Kier alpha value is 0.207. The molecule has 82 valence electrons. The molecule has 0 aromatic rings. The maximum Gasteiger partial charge on any atom is 0.179 e. The van der Waals surface area contributed by atoms with E-state index in [1.165, 1.54) is 0 Å². The maximum absolute atomic E-state index is 8.36. The third-order valence-corrected chi connectivity index (χ3v) is 3.46. The third-order valence-electron chi connectivity index (χ3n) is 1.87. The molecule has 0 saturated carbocycles. The van der Waals surface area contributed by atoms with Crippen LogP contribution in [0.5, 0.6) is 0 Å². The number of alkyl halides is 2. The van der Waals surface area contributed by atoms with Crippen LogP contribution in [0.3, 0.4) is 0 Å². The quantitative estimate of drug-likeness (QED) is 0.390. The maximum atomic E-state index is 8.36. The van der Waals surface area contributed by atoms with Crippen molar-refractivity contribution in [3.05, 3.63) is 0 Å². The van der Waals surface area contributed by atoms with Gasteiger partial charge in [0, 0.05) is 0 Å². The van der Waals surface area contributed by atoms with Crippen LogP contribution < -0.4 is 0 Å². The molecule has 0 spiro atoms. The van der Waals surface area contributed by atoms with Crippen LogP contribution in [0.25, 0.3) is 0 Å². The molecule has 0 rings (SSSR count). The van der Waals surface area contributed by atoms with Crippen molar-refractivity contribution in [3.63, 3.8) is 0 Å². The average molecular weight is 256 g/mol. The molecule has 0 bridgehead atoms. The van der Waals surface area contributed by atoms with Crippen LogP contribution in [-0.4, -0.2) is 34.1 Å². The molecule has 6 heteroatoms. The molecule has 0 aromatic carbocycles. The first-order valence-electron chi connectivity index (χ1n) is 4.43. The molecule has 0 N–H and O–H groups in total. The van der Waals surface area contributed by atoms with E-state index in [4.69, 9.17) is 37.6 Å². The number of ether oxygens (including phenoxy) is 1. The number of nitriles is 1. The first-order valence-corrected chi connectivity index (χ1v) is 6.16. The lowest BCUT2D eigenvalue weighted by Gasteiger charge is -2.32. The summed E-state index contributed by atoms with van der Waals surface area (Å²) < 4.78 is 10.7. The highest BCUT2D eigenvalue weighted by atomic mass is 35.5. The summed E-state index contributed by atoms with van der Waals surface area (Å²) in [5.41, 5.74) is 0. The zero-order valence-electron chi connectivity index (χ0n) is 8.43. The van der Waals surface area contributed by atoms with Crippen molar-refractivity contribution in [1.82, 2.24) is 0 Å². The molecular weight excluding hydrogens is 241 g/mol. The minimum Gasteiger partial charge on any atom is -0.421 e. The van der Waals surface area contributed by atoms with Gasteiger partial charge in [-0.25, -0.2) is 0 Å². The Balaban J connectivity index is 4.22. The van der Waals surface area contributed by atoms with Crippen molar-refractivity contribution in [3.8, 4) is 6.07 Å². The van der Waals surface area contributed by atoms with E-state index in [0.29, 0.717) is 16.9 Å². The fraction of sp³-hybridized carbons (Fsp3) is 0.875. The van der Waals surface area contributed by atoms with Crippen LogP contribution in [0.4, 0.5) is 0 Å². The fourth-order valence-electron chi connectivity index (χ4n) is 1.13. The van der Waals surface area contributed by atoms with Crippen LogP contribution in [0.15, 0.2) is 0 Å². The summed E-state index contributed by atoms with van der Waals surface area (Å²) in [5, 5.41) is 7.37. The molecule has 0 heterocycles. The van der Waals surface area contributed by atoms with Crippen molar-refractivity contribution >= 4 is 33.7 Å². The van der Waals surface area contributed by atoms with Crippen molar-refractivity contribution in [2.24, 2.45) is 0 Å². The molecule has 0 amide bonds. The van der Waals surface area contributed by atoms with Crippen LogP contribution in [-0.2, 0) is 9.16 Å². The second-order valence-corrected chi connectivity index (χ2v) is 4.19. The highest BCUT2D eigenvalue weighted by Crippen LogP contribution is 2.27. The summed E-state index contributed by atoms with van der Waals surface area (Å²) in [5.74, 6) is 0.154. The normalized spacial score (nSPS) is 17.3. The molecular formula is C8H15Cl2NO2Si. The van der Waals surface area contributed by atoms with Gasteiger partial charge >= 0.3 is 0 Å². The third kappa shape index (κ3) is 4.16. The molecule has 0 saturated heterocycles.